The van der Waals surface area contributed by atoms with Crippen LogP contribution in [0.15, 0.2) is 22.7 Å². The van der Waals surface area contributed by atoms with Crippen LogP contribution in [0.2, 0.25) is 0 Å². The van der Waals surface area contributed by atoms with E-state index in [9.17, 15) is 5.11 Å². The van der Waals surface area contributed by atoms with Crippen LogP contribution in [0.3, 0.4) is 0 Å². The van der Waals surface area contributed by atoms with Crippen LogP contribution in [0.5, 0.6) is 5.88 Å². The van der Waals surface area contributed by atoms with E-state index >= 15 is 0 Å². The molecule has 0 radical (unpaired) electrons. The van der Waals surface area contributed by atoms with Gasteiger partial charge in [-0.3, -0.25) is 0 Å². The molecule has 1 aliphatic heterocycles. The molecular weight excluding hydrogens is 334 g/mol. The first kappa shape index (κ1) is 12.8. The van der Waals surface area contributed by atoms with Crippen LogP contribution in [0.4, 0.5) is 5.95 Å². The quantitative estimate of drug-likeness (QED) is 0.627. The second-order valence-corrected chi connectivity index (χ2v) is 6.04. The number of piperazine rings is 1. The molecule has 3 aromatic rings. The zero-order chi connectivity index (χ0) is 14.4. The molecule has 1 saturated heterocycles. The third-order valence-corrected chi connectivity index (χ3v) is 4.27. The maximum Gasteiger partial charge on any atom is 0.240 e. The number of nitrogens with one attached hydrogen (secondary N) is 2. The van der Waals surface area contributed by atoms with Crippen LogP contribution < -0.4 is 10.2 Å². The van der Waals surface area contributed by atoms with Crippen molar-refractivity contribution in [3.8, 4) is 5.88 Å². The van der Waals surface area contributed by atoms with E-state index in [4.69, 9.17) is 0 Å². The number of aromatic amines is 1. The zero-order valence-electron chi connectivity index (χ0n) is 11.2. The molecule has 2 aromatic heterocycles. The van der Waals surface area contributed by atoms with Crippen molar-refractivity contribution in [3.05, 3.63) is 22.7 Å². The molecule has 4 rings (SSSR count). The second-order valence-electron chi connectivity index (χ2n) is 5.12. The molecule has 21 heavy (non-hydrogen) atoms. The first-order valence-electron chi connectivity index (χ1n) is 6.86. The molecule has 7 heteroatoms. The Bertz CT molecular complexity index is 825. The van der Waals surface area contributed by atoms with E-state index < -0.39 is 0 Å². The fourth-order valence-corrected chi connectivity index (χ4v) is 3.08. The third-order valence-electron chi connectivity index (χ3n) is 3.77. The van der Waals surface area contributed by atoms with E-state index in [0.717, 1.165) is 47.1 Å². The predicted octanol–water partition coefficient (Wildman–Crippen LogP) is 1.99. The van der Waals surface area contributed by atoms with Crippen molar-refractivity contribution in [3.63, 3.8) is 0 Å². The molecule has 0 unspecified atom stereocenters. The smallest absolute Gasteiger partial charge is 0.240 e. The topological polar surface area (TPSA) is 77.1 Å². The first-order chi connectivity index (χ1) is 10.2. The highest BCUT2D eigenvalue weighted by Crippen LogP contribution is 2.31. The van der Waals surface area contributed by atoms with Crippen molar-refractivity contribution in [1.29, 1.82) is 0 Å². The summed E-state index contributed by atoms with van der Waals surface area (Å²) in [4.78, 5) is 14.2. The number of rotatable bonds is 1. The summed E-state index contributed by atoms with van der Waals surface area (Å²) < 4.78 is 0.983. The van der Waals surface area contributed by atoms with Gasteiger partial charge in [0.1, 0.15) is 11.0 Å². The van der Waals surface area contributed by atoms with Gasteiger partial charge in [0.25, 0.3) is 0 Å². The number of aromatic hydroxyl groups is 1. The number of anilines is 1. The lowest BCUT2D eigenvalue weighted by molar-refractivity contribution is 0.456. The molecule has 1 fully saturated rings. The molecule has 108 valence electrons. The van der Waals surface area contributed by atoms with Crippen LogP contribution >= 0.6 is 15.9 Å². The van der Waals surface area contributed by atoms with E-state index in [2.05, 4.69) is 41.1 Å². The Morgan fingerprint density at radius 2 is 2.00 bits per heavy atom. The highest BCUT2D eigenvalue weighted by molar-refractivity contribution is 9.10. The van der Waals surface area contributed by atoms with E-state index in [1.54, 1.807) is 0 Å². The zero-order valence-corrected chi connectivity index (χ0v) is 12.8. The molecule has 0 saturated carbocycles. The highest BCUT2D eigenvalue weighted by atomic mass is 79.9. The standard InChI is InChI=1S/C14H14BrN5O/c15-8-1-2-9-10(7-8)17-12-11(9)18-14(19-13(12)21)20-5-3-16-4-6-20/h1-2,7,16-17H,3-6H2,(H,18,19,21). The second kappa shape index (κ2) is 4.85. The minimum atomic E-state index is 0.000792. The number of hydrogen-bond acceptors (Lipinski definition) is 5. The Balaban J connectivity index is 1.92. The minimum absolute atomic E-state index is 0.000792. The number of benzene rings is 1. The van der Waals surface area contributed by atoms with Crippen LogP contribution in [0, 0.1) is 0 Å². The first-order valence-corrected chi connectivity index (χ1v) is 7.65. The van der Waals surface area contributed by atoms with Crippen molar-refractivity contribution in [2.75, 3.05) is 31.1 Å². The van der Waals surface area contributed by atoms with Crippen LogP contribution in [0.25, 0.3) is 21.9 Å². The number of halogens is 1. The Morgan fingerprint density at radius 1 is 1.19 bits per heavy atom. The van der Waals surface area contributed by atoms with Gasteiger partial charge in [0.2, 0.25) is 11.8 Å². The van der Waals surface area contributed by atoms with Gasteiger partial charge in [0.05, 0.1) is 0 Å². The lowest BCUT2D eigenvalue weighted by Crippen LogP contribution is -2.44. The van der Waals surface area contributed by atoms with Crippen molar-refractivity contribution in [2.24, 2.45) is 0 Å². The van der Waals surface area contributed by atoms with E-state index in [1.807, 2.05) is 18.2 Å². The van der Waals surface area contributed by atoms with Gasteiger partial charge < -0.3 is 20.3 Å². The lowest BCUT2D eigenvalue weighted by atomic mass is 10.2. The van der Waals surface area contributed by atoms with Crippen LogP contribution in [-0.4, -0.2) is 46.2 Å². The van der Waals surface area contributed by atoms with E-state index in [0.29, 0.717) is 11.5 Å². The van der Waals surface area contributed by atoms with Gasteiger partial charge >= 0.3 is 0 Å². The molecule has 0 aliphatic carbocycles. The molecule has 3 heterocycles. The summed E-state index contributed by atoms with van der Waals surface area (Å²) in [6.45, 7) is 3.50. The van der Waals surface area contributed by atoms with Crippen LogP contribution in [-0.2, 0) is 0 Å². The molecule has 0 bridgehead atoms. The van der Waals surface area contributed by atoms with Crippen LogP contribution in [0.1, 0.15) is 0 Å². The van der Waals surface area contributed by atoms with Gasteiger partial charge in [-0.1, -0.05) is 15.9 Å². The molecule has 1 aromatic carbocycles. The molecule has 0 atom stereocenters. The van der Waals surface area contributed by atoms with E-state index in [1.165, 1.54) is 0 Å². The fraction of sp³-hybridized carbons (Fsp3) is 0.286. The summed E-state index contributed by atoms with van der Waals surface area (Å²) in [7, 11) is 0. The van der Waals surface area contributed by atoms with Crippen molar-refractivity contribution < 1.29 is 5.11 Å². The minimum Gasteiger partial charge on any atom is -0.492 e. The maximum absolute atomic E-state index is 10.2. The molecular formula is C14H14BrN5O. The number of H-pyrrole nitrogens is 1. The Morgan fingerprint density at radius 3 is 2.81 bits per heavy atom. The molecule has 6 nitrogen and oxygen atoms in total. The molecule has 0 amide bonds. The monoisotopic (exact) mass is 347 g/mol. The Kier molecular flexibility index (Phi) is 2.97. The summed E-state index contributed by atoms with van der Waals surface area (Å²) in [5.74, 6) is 0.589. The van der Waals surface area contributed by atoms with E-state index in [-0.39, 0.29) is 5.88 Å². The summed E-state index contributed by atoms with van der Waals surface area (Å²) in [5.41, 5.74) is 2.28. The average Bonchev–Trinajstić information content (AvgIpc) is 2.86. The van der Waals surface area contributed by atoms with Gasteiger partial charge in [0, 0.05) is 41.6 Å². The fourth-order valence-electron chi connectivity index (χ4n) is 2.71. The summed E-state index contributed by atoms with van der Waals surface area (Å²) in [6, 6.07) is 5.94. The summed E-state index contributed by atoms with van der Waals surface area (Å²) >= 11 is 3.45. The molecule has 1 aliphatic rings. The van der Waals surface area contributed by atoms with Gasteiger partial charge in [-0.25, -0.2) is 4.98 Å². The van der Waals surface area contributed by atoms with Gasteiger partial charge in [-0.15, -0.1) is 0 Å². The van der Waals surface area contributed by atoms with Gasteiger partial charge in [0.15, 0.2) is 0 Å². The summed E-state index contributed by atoms with van der Waals surface area (Å²) in [6.07, 6.45) is 0. The number of aromatic nitrogens is 3. The molecule has 3 N–H and O–H groups in total. The number of hydrogen-bond donors (Lipinski definition) is 3. The lowest BCUT2D eigenvalue weighted by Gasteiger charge is -2.27. The number of fused-ring (bicyclic) bond motifs is 3. The third kappa shape index (κ3) is 2.13. The van der Waals surface area contributed by atoms with Gasteiger partial charge in [-0.05, 0) is 18.2 Å². The van der Waals surface area contributed by atoms with Crippen molar-refractivity contribution in [1.82, 2.24) is 20.3 Å². The maximum atomic E-state index is 10.2. The van der Waals surface area contributed by atoms with Gasteiger partial charge in [-0.2, -0.15) is 4.98 Å². The normalized spacial score (nSPS) is 16.0. The Hall–Kier alpha value is -1.86. The predicted molar refractivity (Wildman–Crippen MR) is 85.8 cm³/mol. The number of nitrogens with zero attached hydrogens (tertiary/aromatic N) is 3. The Labute approximate surface area is 129 Å². The SMILES string of the molecule is Oc1nc(N2CCNCC2)nc2c1[nH]c1cc(Br)ccc12. The van der Waals surface area contributed by atoms with Crippen molar-refractivity contribution >= 4 is 43.8 Å². The molecule has 0 spiro atoms. The van der Waals surface area contributed by atoms with Crippen molar-refractivity contribution in [2.45, 2.75) is 0 Å². The summed E-state index contributed by atoms with van der Waals surface area (Å²) in [5, 5.41) is 14.5. The largest absolute Gasteiger partial charge is 0.492 e. The highest BCUT2D eigenvalue weighted by Gasteiger charge is 2.18. The average molecular weight is 348 g/mol.